The number of nitrogens with one attached hydrogen (secondary N) is 1. The summed E-state index contributed by atoms with van der Waals surface area (Å²) in [5.74, 6) is -1.83. The first-order valence-electron chi connectivity index (χ1n) is 6.76. The smallest absolute Gasteiger partial charge is 0.331 e. The lowest BCUT2D eigenvalue weighted by Crippen LogP contribution is -2.20. The average Bonchev–Trinajstić information content (AvgIpc) is 2.56. The Hall–Kier alpha value is -1.96. The molecule has 1 aromatic carbocycles. The number of amides is 1. The molecule has 1 heterocycles. The molecule has 9 heteroatoms. The Kier molecular flexibility index (Phi) is 6.92. The molecule has 0 saturated carbocycles. The van der Waals surface area contributed by atoms with Crippen LogP contribution in [-0.4, -0.2) is 23.5 Å². The number of benzene rings is 1. The van der Waals surface area contributed by atoms with E-state index in [0.29, 0.717) is 9.50 Å². The molecule has 0 saturated heterocycles. The normalized spacial score (nSPS) is 10.7. The highest BCUT2D eigenvalue weighted by atomic mass is 79.9. The number of hydrogen-bond donors (Lipinski definition) is 1. The van der Waals surface area contributed by atoms with E-state index in [1.165, 1.54) is 36.5 Å². The Morgan fingerprint density at radius 3 is 2.80 bits per heavy atom. The molecule has 0 aliphatic carbocycles. The van der Waals surface area contributed by atoms with Gasteiger partial charge >= 0.3 is 5.97 Å². The van der Waals surface area contributed by atoms with Crippen molar-refractivity contribution in [3.8, 4) is 0 Å². The first-order valence-corrected chi connectivity index (χ1v) is 8.31. The number of halogens is 4. The number of aromatic nitrogens is 1. The zero-order valence-corrected chi connectivity index (χ0v) is 15.5. The van der Waals surface area contributed by atoms with Crippen LogP contribution in [0.15, 0.2) is 41.0 Å². The summed E-state index contributed by atoms with van der Waals surface area (Å²) in [5.41, 5.74) is 0.202. The number of pyridine rings is 1. The molecule has 0 radical (unpaired) electrons. The van der Waals surface area contributed by atoms with Gasteiger partial charge in [-0.2, -0.15) is 0 Å². The second-order valence-electron chi connectivity index (χ2n) is 4.64. The minimum absolute atomic E-state index is 0.0962. The van der Waals surface area contributed by atoms with Crippen molar-refractivity contribution in [3.05, 3.63) is 62.4 Å². The SMILES string of the molecule is O=C(COC(=O)/C=C/c1cc(Br)ccc1F)Nc1ncc(Cl)cc1Cl. The molecule has 0 bridgehead atoms. The van der Waals surface area contributed by atoms with Crippen LogP contribution in [0.3, 0.4) is 0 Å². The highest BCUT2D eigenvalue weighted by molar-refractivity contribution is 9.10. The van der Waals surface area contributed by atoms with Crippen LogP contribution in [0, 0.1) is 5.82 Å². The van der Waals surface area contributed by atoms with Crippen molar-refractivity contribution in [1.29, 1.82) is 0 Å². The van der Waals surface area contributed by atoms with Crippen LogP contribution in [0.1, 0.15) is 5.56 Å². The fraction of sp³-hybridized carbons (Fsp3) is 0.0625. The van der Waals surface area contributed by atoms with E-state index < -0.39 is 24.3 Å². The van der Waals surface area contributed by atoms with E-state index in [9.17, 15) is 14.0 Å². The third kappa shape index (κ3) is 6.12. The fourth-order valence-corrected chi connectivity index (χ4v) is 2.47. The van der Waals surface area contributed by atoms with Crippen LogP contribution in [0.25, 0.3) is 6.08 Å². The molecule has 130 valence electrons. The number of rotatable bonds is 5. The zero-order valence-electron chi connectivity index (χ0n) is 12.4. The van der Waals surface area contributed by atoms with Gasteiger partial charge in [0, 0.05) is 22.3 Å². The Morgan fingerprint density at radius 1 is 1.32 bits per heavy atom. The lowest BCUT2D eigenvalue weighted by molar-refractivity contribution is -0.142. The summed E-state index contributed by atoms with van der Waals surface area (Å²) in [6.07, 6.45) is 3.58. The molecule has 2 aromatic rings. The summed E-state index contributed by atoms with van der Waals surface area (Å²) in [6.45, 7) is -0.551. The topological polar surface area (TPSA) is 68.3 Å². The van der Waals surface area contributed by atoms with Crippen LogP contribution in [0.2, 0.25) is 10.0 Å². The van der Waals surface area contributed by atoms with Gasteiger partial charge in [0.15, 0.2) is 12.4 Å². The van der Waals surface area contributed by atoms with Gasteiger partial charge in [0.2, 0.25) is 0 Å². The second kappa shape index (κ2) is 8.94. The van der Waals surface area contributed by atoms with Crippen LogP contribution < -0.4 is 5.32 Å². The van der Waals surface area contributed by atoms with Crippen molar-refractivity contribution in [2.45, 2.75) is 0 Å². The number of ether oxygens (including phenoxy) is 1. The highest BCUT2D eigenvalue weighted by Gasteiger charge is 2.10. The minimum atomic E-state index is -0.801. The molecule has 0 fully saturated rings. The van der Waals surface area contributed by atoms with E-state index in [1.54, 1.807) is 0 Å². The van der Waals surface area contributed by atoms with Gasteiger partial charge in [0.05, 0.1) is 10.0 Å². The van der Waals surface area contributed by atoms with Gasteiger partial charge in [-0.3, -0.25) is 4.79 Å². The molecule has 0 aliphatic rings. The monoisotopic (exact) mass is 446 g/mol. The maximum Gasteiger partial charge on any atom is 0.331 e. The van der Waals surface area contributed by atoms with Crippen LogP contribution in [-0.2, 0) is 14.3 Å². The second-order valence-corrected chi connectivity index (χ2v) is 6.40. The molecular weight excluding hydrogens is 438 g/mol. The van der Waals surface area contributed by atoms with Crippen molar-refractivity contribution in [2.75, 3.05) is 11.9 Å². The Labute approximate surface area is 160 Å². The molecule has 2 rings (SSSR count). The molecule has 0 atom stereocenters. The van der Waals surface area contributed by atoms with Crippen LogP contribution in [0.5, 0.6) is 0 Å². The predicted octanol–water partition coefficient (Wildman–Crippen LogP) is 4.49. The number of hydrogen-bond acceptors (Lipinski definition) is 4. The van der Waals surface area contributed by atoms with E-state index in [1.807, 2.05) is 0 Å². The van der Waals surface area contributed by atoms with E-state index in [0.717, 1.165) is 6.08 Å². The zero-order chi connectivity index (χ0) is 18.4. The van der Waals surface area contributed by atoms with Gasteiger partial charge in [-0.05, 0) is 30.3 Å². The molecule has 0 aliphatic heterocycles. The standard InChI is InChI=1S/C16H10BrCl2FN2O3/c17-10-2-3-13(20)9(5-10)1-4-15(24)25-8-14(23)22-16-12(19)6-11(18)7-21-16/h1-7H,8H2,(H,21,22,23)/b4-1+. The molecule has 5 nitrogen and oxygen atoms in total. The Balaban J connectivity index is 1.87. The van der Waals surface area contributed by atoms with E-state index in [2.05, 4.69) is 26.2 Å². The quantitative estimate of drug-likeness (QED) is 0.541. The van der Waals surface area contributed by atoms with Gasteiger partial charge in [-0.1, -0.05) is 39.1 Å². The van der Waals surface area contributed by atoms with Crippen molar-refractivity contribution in [2.24, 2.45) is 0 Å². The number of carbonyl (C=O) groups is 2. The lowest BCUT2D eigenvalue weighted by atomic mass is 10.2. The molecule has 1 amide bonds. The molecule has 0 spiro atoms. The number of carbonyl (C=O) groups excluding carboxylic acids is 2. The molecular formula is C16H10BrCl2FN2O3. The Bertz CT molecular complexity index is 846. The van der Waals surface area contributed by atoms with E-state index >= 15 is 0 Å². The first-order chi connectivity index (χ1) is 11.8. The van der Waals surface area contributed by atoms with Crippen molar-refractivity contribution in [3.63, 3.8) is 0 Å². The molecule has 1 aromatic heterocycles. The summed E-state index contributed by atoms with van der Waals surface area (Å²) in [5, 5.41) is 2.84. The fourth-order valence-electron chi connectivity index (χ4n) is 1.66. The summed E-state index contributed by atoms with van der Waals surface area (Å²) in [6, 6.07) is 5.70. The third-order valence-corrected chi connectivity index (χ3v) is 3.76. The van der Waals surface area contributed by atoms with Crippen molar-refractivity contribution < 1.29 is 18.7 Å². The lowest BCUT2D eigenvalue weighted by Gasteiger charge is -2.06. The summed E-state index contributed by atoms with van der Waals surface area (Å²) >= 11 is 14.8. The van der Waals surface area contributed by atoms with Crippen LogP contribution >= 0.6 is 39.1 Å². The maximum atomic E-state index is 13.5. The predicted molar refractivity (Wildman–Crippen MR) is 97.0 cm³/mol. The summed E-state index contributed by atoms with van der Waals surface area (Å²) in [4.78, 5) is 27.2. The van der Waals surface area contributed by atoms with Crippen molar-refractivity contribution in [1.82, 2.24) is 4.98 Å². The largest absolute Gasteiger partial charge is 0.452 e. The minimum Gasteiger partial charge on any atom is -0.452 e. The Morgan fingerprint density at radius 2 is 2.08 bits per heavy atom. The molecule has 1 N–H and O–H groups in total. The van der Waals surface area contributed by atoms with Gasteiger partial charge in [-0.15, -0.1) is 0 Å². The highest BCUT2D eigenvalue weighted by Crippen LogP contribution is 2.22. The number of nitrogens with zero attached hydrogens (tertiary/aromatic N) is 1. The molecule has 25 heavy (non-hydrogen) atoms. The summed E-state index contributed by atoms with van der Waals surface area (Å²) in [7, 11) is 0. The van der Waals surface area contributed by atoms with Gasteiger partial charge in [0.1, 0.15) is 5.82 Å². The van der Waals surface area contributed by atoms with Gasteiger partial charge < -0.3 is 10.1 Å². The summed E-state index contributed by atoms with van der Waals surface area (Å²) < 4.78 is 18.9. The number of esters is 1. The average molecular weight is 448 g/mol. The van der Waals surface area contributed by atoms with E-state index in [-0.39, 0.29) is 16.4 Å². The molecule has 0 unspecified atom stereocenters. The van der Waals surface area contributed by atoms with E-state index in [4.69, 9.17) is 27.9 Å². The third-order valence-electron chi connectivity index (χ3n) is 2.77. The maximum absolute atomic E-state index is 13.5. The number of anilines is 1. The van der Waals surface area contributed by atoms with Gasteiger partial charge in [0.25, 0.3) is 5.91 Å². The van der Waals surface area contributed by atoms with Crippen LogP contribution in [0.4, 0.5) is 10.2 Å². The van der Waals surface area contributed by atoms with Gasteiger partial charge in [-0.25, -0.2) is 14.2 Å². The van der Waals surface area contributed by atoms with Crippen molar-refractivity contribution >= 4 is 62.9 Å². The first kappa shape index (κ1) is 19.4.